The van der Waals surface area contributed by atoms with Crippen molar-refractivity contribution in [3.8, 4) is 0 Å². The molecule has 0 aliphatic carbocycles. The molecular formula is C17H31NO3. The molecule has 122 valence electrons. The minimum Gasteiger partial charge on any atom is -0.467 e. The quantitative estimate of drug-likeness (QED) is 0.581. The maximum atomic E-state index is 9.87. The average molecular weight is 297 g/mol. The maximum absolute atomic E-state index is 9.87. The van der Waals surface area contributed by atoms with Crippen LogP contribution in [0.15, 0.2) is 22.8 Å². The molecule has 0 aromatic carbocycles. The number of ether oxygens (including phenoxy) is 1. The molecule has 1 aromatic heterocycles. The predicted molar refractivity (Wildman–Crippen MR) is 85.2 cm³/mol. The summed E-state index contributed by atoms with van der Waals surface area (Å²) >= 11 is 0. The molecule has 0 spiro atoms. The van der Waals surface area contributed by atoms with Gasteiger partial charge < -0.3 is 19.6 Å². The van der Waals surface area contributed by atoms with Crippen LogP contribution in [-0.2, 0) is 11.3 Å². The second kappa shape index (κ2) is 9.98. The largest absolute Gasteiger partial charge is 0.467 e. The Kier molecular flexibility index (Phi) is 8.66. The molecule has 21 heavy (non-hydrogen) atoms. The smallest absolute Gasteiger partial charge is 0.129 e. The molecule has 0 radical (unpaired) electrons. The Labute approximate surface area is 128 Å². The van der Waals surface area contributed by atoms with Gasteiger partial charge in [0.25, 0.3) is 0 Å². The number of aliphatic hydroxyl groups is 1. The zero-order valence-corrected chi connectivity index (χ0v) is 13.7. The molecule has 0 saturated carbocycles. The molecule has 0 fully saturated rings. The van der Waals surface area contributed by atoms with Gasteiger partial charge in [0.05, 0.1) is 19.0 Å². The van der Waals surface area contributed by atoms with Crippen LogP contribution in [-0.4, -0.2) is 30.9 Å². The molecule has 4 nitrogen and oxygen atoms in total. The minimum atomic E-state index is -0.480. The monoisotopic (exact) mass is 297 g/mol. The van der Waals surface area contributed by atoms with E-state index in [0.29, 0.717) is 19.8 Å². The van der Waals surface area contributed by atoms with Crippen molar-refractivity contribution < 1.29 is 14.3 Å². The summed E-state index contributed by atoms with van der Waals surface area (Å²) in [6.07, 6.45) is 6.20. The van der Waals surface area contributed by atoms with Gasteiger partial charge in [0.1, 0.15) is 12.4 Å². The summed E-state index contributed by atoms with van der Waals surface area (Å²) < 4.78 is 10.6. The third-order valence-corrected chi connectivity index (χ3v) is 3.58. The highest BCUT2D eigenvalue weighted by Gasteiger charge is 2.17. The summed E-state index contributed by atoms with van der Waals surface area (Å²) in [5.74, 6) is 0.784. The van der Waals surface area contributed by atoms with Crippen LogP contribution >= 0.6 is 0 Å². The third kappa shape index (κ3) is 8.91. The Morgan fingerprint density at radius 1 is 1.38 bits per heavy atom. The first-order valence-electron chi connectivity index (χ1n) is 8.02. The molecule has 1 rings (SSSR count). The lowest BCUT2D eigenvalue weighted by atomic mass is 9.87. The average Bonchev–Trinajstić information content (AvgIpc) is 2.92. The zero-order valence-electron chi connectivity index (χ0n) is 13.7. The highest BCUT2D eigenvalue weighted by Crippen LogP contribution is 2.22. The molecule has 4 heteroatoms. The van der Waals surface area contributed by atoms with Gasteiger partial charge in [-0.3, -0.25) is 0 Å². The molecular weight excluding hydrogens is 266 g/mol. The number of nitrogens with one attached hydrogen (secondary N) is 1. The number of unbranched alkanes of at least 4 members (excludes halogenated alkanes) is 2. The summed E-state index contributed by atoms with van der Waals surface area (Å²) in [4.78, 5) is 0. The van der Waals surface area contributed by atoms with Crippen LogP contribution < -0.4 is 5.32 Å². The van der Waals surface area contributed by atoms with Gasteiger partial charge >= 0.3 is 0 Å². The first kappa shape index (κ1) is 18.2. The van der Waals surface area contributed by atoms with E-state index in [9.17, 15) is 5.11 Å². The van der Waals surface area contributed by atoms with Crippen molar-refractivity contribution in [1.82, 2.24) is 5.32 Å². The molecule has 0 saturated heterocycles. The zero-order chi connectivity index (χ0) is 15.6. The number of aliphatic hydroxyl groups excluding tert-OH is 1. The fourth-order valence-corrected chi connectivity index (χ4v) is 2.27. The third-order valence-electron chi connectivity index (χ3n) is 3.58. The van der Waals surface area contributed by atoms with E-state index in [4.69, 9.17) is 9.15 Å². The van der Waals surface area contributed by atoms with E-state index < -0.39 is 6.10 Å². The summed E-state index contributed by atoms with van der Waals surface area (Å²) in [6.45, 7) is 8.99. The minimum absolute atomic E-state index is 0.282. The van der Waals surface area contributed by atoms with Gasteiger partial charge in [0.2, 0.25) is 0 Å². The molecule has 1 aromatic rings. The summed E-state index contributed by atoms with van der Waals surface area (Å²) in [5, 5.41) is 13.2. The highest BCUT2D eigenvalue weighted by molar-refractivity contribution is 4.96. The van der Waals surface area contributed by atoms with Gasteiger partial charge in [0, 0.05) is 13.1 Å². The molecule has 1 heterocycles. The summed E-state index contributed by atoms with van der Waals surface area (Å²) in [5.41, 5.74) is 0.282. The van der Waals surface area contributed by atoms with Gasteiger partial charge in [-0.2, -0.15) is 0 Å². The molecule has 0 amide bonds. The van der Waals surface area contributed by atoms with Gasteiger partial charge in [-0.05, 0) is 24.0 Å². The number of hydrogen-bond acceptors (Lipinski definition) is 4. The van der Waals surface area contributed by atoms with E-state index >= 15 is 0 Å². The number of hydrogen-bond donors (Lipinski definition) is 2. The molecule has 0 aliphatic heterocycles. The van der Waals surface area contributed by atoms with Gasteiger partial charge in [-0.25, -0.2) is 0 Å². The number of furan rings is 1. The van der Waals surface area contributed by atoms with Crippen molar-refractivity contribution in [2.75, 3.05) is 19.7 Å². The van der Waals surface area contributed by atoms with Gasteiger partial charge in [-0.15, -0.1) is 0 Å². The summed E-state index contributed by atoms with van der Waals surface area (Å²) in [7, 11) is 0. The Morgan fingerprint density at radius 2 is 2.19 bits per heavy atom. The van der Waals surface area contributed by atoms with E-state index in [1.807, 2.05) is 12.1 Å². The van der Waals surface area contributed by atoms with E-state index in [1.165, 1.54) is 25.7 Å². The molecule has 0 aliphatic rings. The van der Waals surface area contributed by atoms with Crippen LogP contribution in [0.25, 0.3) is 0 Å². The van der Waals surface area contributed by atoms with Gasteiger partial charge in [0.15, 0.2) is 0 Å². The molecule has 0 bridgehead atoms. The fraction of sp³-hybridized carbons (Fsp3) is 0.765. The highest BCUT2D eigenvalue weighted by atomic mass is 16.5. The van der Waals surface area contributed by atoms with Crippen molar-refractivity contribution in [1.29, 1.82) is 0 Å². The normalized spacial score (nSPS) is 13.5. The van der Waals surface area contributed by atoms with Crippen LogP contribution in [0.2, 0.25) is 0 Å². The van der Waals surface area contributed by atoms with Crippen molar-refractivity contribution in [2.45, 2.75) is 59.2 Å². The first-order chi connectivity index (χ1) is 10.0. The van der Waals surface area contributed by atoms with Crippen LogP contribution in [0.3, 0.4) is 0 Å². The Morgan fingerprint density at radius 3 is 2.86 bits per heavy atom. The second-order valence-electron chi connectivity index (χ2n) is 6.50. The lowest BCUT2D eigenvalue weighted by Gasteiger charge is -2.25. The van der Waals surface area contributed by atoms with E-state index in [2.05, 4.69) is 26.1 Å². The lowest BCUT2D eigenvalue weighted by molar-refractivity contribution is 0.0217. The predicted octanol–water partition coefficient (Wildman–Crippen LogP) is 3.35. The molecule has 1 unspecified atom stereocenters. The van der Waals surface area contributed by atoms with Crippen LogP contribution in [0.5, 0.6) is 0 Å². The molecule has 1 atom stereocenters. The van der Waals surface area contributed by atoms with Crippen LogP contribution in [0, 0.1) is 5.41 Å². The lowest BCUT2D eigenvalue weighted by Crippen LogP contribution is -2.36. The van der Waals surface area contributed by atoms with E-state index in [0.717, 1.165) is 12.3 Å². The van der Waals surface area contributed by atoms with E-state index in [1.54, 1.807) is 6.26 Å². The first-order valence-corrected chi connectivity index (χ1v) is 8.02. The maximum Gasteiger partial charge on any atom is 0.129 e. The van der Waals surface area contributed by atoms with Crippen LogP contribution in [0.4, 0.5) is 0 Å². The van der Waals surface area contributed by atoms with Gasteiger partial charge in [-0.1, -0.05) is 40.0 Å². The Bertz CT molecular complexity index is 349. The second-order valence-corrected chi connectivity index (χ2v) is 6.50. The van der Waals surface area contributed by atoms with Crippen molar-refractivity contribution in [2.24, 2.45) is 5.41 Å². The fourth-order valence-electron chi connectivity index (χ4n) is 2.27. The van der Waals surface area contributed by atoms with Crippen molar-refractivity contribution in [3.05, 3.63) is 24.2 Å². The van der Waals surface area contributed by atoms with E-state index in [-0.39, 0.29) is 5.41 Å². The number of rotatable bonds is 12. The Hall–Kier alpha value is -0.840. The van der Waals surface area contributed by atoms with Crippen molar-refractivity contribution in [3.63, 3.8) is 0 Å². The Balaban J connectivity index is 2.05. The standard InChI is InChI=1S/C17H31NO3/c1-4-5-6-9-17(2,3)14-18-11-15(19)12-20-13-16-8-7-10-21-16/h7-8,10,15,18-19H,4-6,9,11-14H2,1-3H3. The summed E-state index contributed by atoms with van der Waals surface area (Å²) in [6, 6.07) is 3.70. The van der Waals surface area contributed by atoms with Crippen LogP contribution in [0.1, 0.15) is 52.2 Å². The topological polar surface area (TPSA) is 54.6 Å². The molecule has 2 N–H and O–H groups in total. The van der Waals surface area contributed by atoms with Crippen molar-refractivity contribution >= 4 is 0 Å². The SMILES string of the molecule is CCCCCC(C)(C)CNCC(O)COCc1ccco1.